The summed E-state index contributed by atoms with van der Waals surface area (Å²) in [5, 5.41) is 2.88. The van der Waals surface area contributed by atoms with Crippen LogP contribution in [0.1, 0.15) is 0 Å². The fourth-order valence-electron chi connectivity index (χ4n) is 3.21. The van der Waals surface area contributed by atoms with Gasteiger partial charge in [0.15, 0.2) is 0 Å². The second kappa shape index (κ2) is 2.29. The fourth-order valence-corrected chi connectivity index (χ4v) is 3.21. The SMILES string of the molecule is O1N2OC1(C(C13ON(O1)O3)(C13ON(O1)O3)C13ON(O1)O3)O2. The first-order valence-electron chi connectivity index (χ1n) is 5.64. The van der Waals surface area contributed by atoms with Crippen molar-refractivity contribution in [2.45, 2.75) is 23.9 Å². The number of hydrogen-bond donors (Lipinski definition) is 0. The molecular formula is C5N4O12. The van der Waals surface area contributed by atoms with Gasteiger partial charge in [-0.25, -0.2) is 0 Å². The summed E-state index contributed by atoms with van der Waals surface area (Å²) in [6.45, 7) is 0. The molecule has 0 atom stereocenters. The summed E-state index contributed by atoms with van der Waals surface area (Å²) in [5.41, 5.74) is -1.94. The lowest BCUT2D eigenvalue weighted by atomic mass is 9.73. The van der Waals surface area contributed by atoms with E-state index in [0.717, 1.165) is 21.6 Å². The minimum Gasteiger partial charge on any atom is -0.182 e. The molecule has 0 N–H and O–H groups in total. The minimum absolute atomic E-state index is 0.720. The van der Waals surface area contributed by atoms with Crippen LogP contribution in [0.5, 0.6) is 0 Å². The van der Waals surface area contributed by atoms with Gasteiger partial charge in [0.1, 0.15) is 0 Å². The molecule has 12 rings (SSSR count). The molecule has 0 radical (unpaired) electrons. The van der Waals surface area contributed by atoms with Crippen molar-refractivity contribution in [3.8, 4) is 0 Å². The van der Waals surface area contributed by atoms with E-state index in [1.54, 1.807) is 0 Å². The van der Waals surface area contributed by atoms with Gasteiger partial charge in [0, 0.05) is 0 Å². The normalized spacial score (nSPS) is 75.4. The van der Waals surface area contributed by atoms with Gasteiger partial charge in [0.05, 0.1) is 21.6 Å². The average molecular weight is 308 g/mol. The Bertz CT molecular complexity index is 464. The quantitative estimate of drug-likeness (QED) is 0.526. The van der Waals surface area contributed by atoms with Gasteiger partial charge in [-0.2, -0.15) is 58.1 Å². The molecule has 12 aliphatic heterocycles. The molecule has 0 unspecified atom stereocenters. The highest BCUT2D eigenvalue weighted by Gasteiger charge is 3.12. The van der Waals surface area contributed by atoms with Crippen LogP contribution in [0.3, 0.4) is 0 Å². The average Bonchev–Trinajstić information content (AvgIpc) is 1.72. The van der Waals surface area contributed by atoms with E-state index in [1.165, 1.54) is 0 Å². The molecule has 0 aliphatic carbocycles. The summed E-state index contributed by atoms with van der Waals surface area (Å²) in [6, 6.07) is 0. The highest BCUT2D eigenvalue weighted by Crippen LogP contribution is 2.81. The van der Waals surface area contributed by atoms with Crippen molar-refractivity contribution in [1.82, 2.24) is 21.6 Å². The Balaban J connectivity index is 1.41. The molecule has 16 nitrogen and oxygen atoms in total. The van der Waals surface area contributed by atoms with Gasteiger partial charge in [-0.1, -0.05) is 0 Å². The van der Waals surface area contributed by atoms with Gasteiger partial charge < -0.3 is 0 Å². The van der Waals surface area contributed by atoms with Crippen molar-refractivity contribution < 1.29 is 58.1 Å². The van der Waals surface area contributed by atoms with E-state index < -0.39 is 29.3 Å². The van der Waals surface area contributed by atoms with Crippen LogP contribution in [-0.2, 0) is 58.1 Å². The molecule has 12 saturated heterocycles. The third-order valence-corrected chi connectivity index (χ3v) is 4.17. The number of rotatable bonds is 4. The van der Waals surface area contributed by atoms with Gasteiger partial charge in [-0.05, 0) is 0 Å². The summed E-state index contributed by atoms with van der Waals surface area (Å²) in [4.78, 5) is 62.8. The van der Waals surface area contributed by atoms with E-state index in [0.29, 0.717) is 0 Å². The minimum atomic E-state index is -1.94. The Kier molecular flexibility index (Phi) is 1.11. The topological polar surface area (TPSA) is 124 Å². The lowest BCUT2D eigenvalue weighted by molar-refractivity contribution is -1.07. The standard InChI is InChI=1S/C5N4O12/c10-2(11-6(10)12-2)1(3-13-7(14-3)15-3,4-16-8(17-4)18-4)5-19-9(20-5)21-5. The van der Waals surface area contributed by atoms with Crippen molar-refractivity contribution in [2.24, 2.45) is 5.41 Å². The van der Waals surface area contributed by atoms with E-state index in [-0.39, 0.29) is 0 Å². The van der Waals surface area contributed by atoms with E-state index in [4.69, 9.17) is 58.1 Å². The molecule has 0 aromatic carbocycles. The summed E-state index contributed by atoms with van der Waals surface area (Å²) in [5.74, 6) is -7.51. The summed E-state index contributed by atoms with van der Waals surface area (Å²) in [6.07, 6.45) is 0. The molecule has 0 saturated carbocycles. The first kappa shape index (κ1) is 10.2. The molecule has 0 spiro atoms. The third-order valence-electron chi connectivity index (χ3n) is 4.17. The maximum atomic E-state index is 5.23. The van der Waals surface area contributed by atoms with Crippen LogP contribution in [0.4, 0.5) is 0 Å². The molecule has 0 amide bonds. The Morgan fingerprint density at radius 3 is 0.667 bits per heavy atom. The zero-order chi connectivity index (χ0) is 13.3. The molecule has 12 fully saturated rings. The fraction of sp³-hybridized carbons (Fsp3) is 1.00. The molecule has 8 bridgehead atoms. The van der Waals surface area contributed by atoms with Crippen LogP contribution >= 0.6 is 0 Å². The van der Waals surface area contributed by atoms with Crippen molar-refractivity contribution in [3.05, 3.63) is 0 Å². The summed E-state index contributed by atoms with van der Waals surface area (Å²) >= 11 is 0. The Morgan fingerprint density at radius 2 is 0.571 bits per heavy atom. The highest BCUT2D eigenvalue weighted by molar-refractivity contribution is 5.16. The first-order chi connectivity index (χ1) is 10.1. The van der Waals surface area contributed by atoms with E-state index in [9.17, 15) is 0 Å². The van der Waals surface area contributed by atoms with Crippen LogP contribution in [0.15, 0.2) is 0 Å². The summed E-state index contributed by atoms with van der Waals surface area (Å²) < 4.78 is 0. The Morgan fingerprint density at radius 1 is 0.381 bits per heavy atom. The van der Waals surface area contributed by atoms with E-state index >= 15 is 0 Å². The van der Waals surface area contributed by atoms with Crippen LogP contribution in [0.2, 0.25) is 0 Å². The van der Waals surface area contributed by atoms with Crippen LogP contribution in [0.25, 0.3) is 0 Å². The highest BCUT2D eigenvalue weighted by atomic mass is 17.5. The van der Waals surface area contributed by atoms with Gasteiger partial charge in [0.25, 0.3) is 0 Å². The largest absolute Gasteiger partial charge is 0.374 e. The molecule has 12 heterocycles. The van der Waals surface area contributed by atoms with E-state index in [1.807, 2.05) is 0 Å². The predicted molar refractivity (Wildman–Crippen MR) is 33.7 cm³/mol. The van der Waals surface area contributed by atoms with Gasteiger partial charge >= 0.3 is 29.3 Å². The molecule has 0 aromatic heterocycles. The summed E-state index contributed by atoms with van der Waals surface area (Å²) in [7, 11) is 0. The zero-order valence-corrected chi connectivity index (χ0v) is 9.19. The molecule has 16 heteroatoms. The van der Waals surface area contributed by atoms with Gasteiger partial charge in [-0.15, -0.1) is 0 Å². The van der Waals surface area contributed by atoms with Crippen LogP contribution in [-0.4, -0.2) is 45.5 Å². The smallest absolute Gasteiger partial charge is 0.182 e. The maximum absolute atomic E-state index is 5.23. The molecule has 21 heavy (non-hydrogen) atoms. The number of hydrogen-bond acceptors (Lipinski definition) is 16. The zero-order valence-electron chi connectivity index (χ0n) is 9.19. The third kappa shape index (κ3) is 0.642. The van der Waals surface area contributed by atoms with Crippen molar-refractivity contribution in [2.75, 3.05) is 0 Å². The van der Waals surface area contributed by atoms with Crippen molar-refractivity contribution in [3.63, 3.8) is 0 Å². The lowest BCUT2D eigenvalue weighted by Gasteiger charge is -2.80. The van der Waals surface area contributed by atoms with Crippen molar-refractivity contribution >= 4 is 0 Å². The van der Waals surface area contributed by atoms with Crippen LogP contribution in [0, 0.1) is 5.41 Å². The molecular weight excluding hydrogens is 308 g/mol. The molecule has 0 aromatic rings. The van der Waals surface area contributed by atoms with Gasteiger partial charge in [-0.3, -0.25) is 0 Å². The van der Waals surface area contributed by atoms with Gasteiger partial charge in [0.2, 0.25) is 0 Å². The Labute approximate surface area is 110 Å². The van der Waals surface area contributed by atoms with Crippen molar-refractivity contribution in [1.29, 1.82) is 0 Å². The second-order valence-electron chi connectivity index (χ2n) is 4.96. The molecule has 112 valence electrons. The van der Waals surface area contributed by atoms with Crippen LogP contribution < -0.4 is 0 Å². The predicted octanol–water partition coefficient (Wildman–Crippen LogP) is -2.92. The first-order valence-corrected chi connectivity index (χ1v) is 5.64. The van der Waals surface area contributed by atoms with E-state index in [2.05, 4.69) is 0 Å². The Hall–Kier alpha value is -0.640. The maximum Gasteiger partial charge on any atom is 0.374 e. The lowest BCUT2D eigenvalue weighted by Crippen LogP contribution is -3.07. The second-order valence-corrected chi connectivity index (χ2v) is 4.96. The monoisotopic (exact) mass is 308 g/mol. The number of nitrogens with zero attached hydrogens (tertiary/aromatic N) is 4. The molecule has 12 aliphatic rings.